The fourth-order valence-corrected chi connectivity index (χ4v) is 2.31. The van der Waals surface area contributed by atoms with Gasteiger partial charge < -0.3 is 15.8 Å². The van der Waals surface area contributed by atoms with Gasteiger partial charge in [0.15, 0.2) is 0 Å². The number of amides is 1. The number of nitrogen functional groups attached to an aromatic ring is 1. The molecule has 0 saturated heterocycles. The Morgan fingerprint density at radius 3 is 2.60 bits per heavy atom. The van der Waals surface area contributed by atoms with Crippen molar-refractivity contribution in [1.82, 2.24) is 0 Å². The second kappa shape index (κ2) is 6.03. The number of rotatable bonds is 3. The minimum absolute atomic E-state index is 0.244. The first kappa shape index (κ1) is 14.5. The minimum atomic E-state index is -0.399. The summed E-state index contributed by atoms with van der Waals surface area (Å²) in [7, 11) is 1.43. The molecule has 4 nitrogen and oxygen atoms in total. The summed E-state index contributed by atoms with van der Waals surface area (Å²) < 4.78 is 5.14. The van der Waals surface area contributed by atoms with Gasteiger partial charge in [0.2, 0.25) is 0 Å². The van der Waals surface area contributed by atoms with Crippen LogP contribution in [-0.2, 0) is 0 Å². The van der Waals surface area contributed by atoms with Crippen LogP contribution in [0.25, 0.3) is 0 Å². The number of nitrogens with one attached hydrogen (secondary N) is 1. The van der Waals surface area contributed by atoms with E-state index >= 15 is 0 Å². The van der Waals surface area contributed by atoms with Crippen LogP contribution in [0, 0.1) is 0 Å². The third-order valence-corrected chi connectivity index (χ3v) is 3.17. The standard InChI is InChI=1S/C14H12Cl2N2O2/c1-20-13-9(6-8(15)7-10(13)16)14(19)18-12-5-3-2-4-11(12)17/h2-7H,17H2,1H3,(H,18,19). The molecule has 2 aromatic rings. The van der Waals surface area contributed by atoms with Crippen molar-refractivity contribution in [3.8, 4) is 5.75 Å². The van der Waals surface area contributed by atoms with Crippen molar-refractivity contribution in [1.29, 1.82) is 0 Å². The zero-order valence-corrected chi connectivity index (χ0v) is 12.1. The van der Waals surface area contributed by atoms with Gasteiger partial charge in [0.1, 0.15) is 5.75 Å². The molecule has 0 aliphatic rings. The summed E-state index contributed by atoms with van der Waals surface area (Å²) in [6, 6.07) is 9.94. The highest BCUT2D eigenvalue weighted by Gasteiger charge is 2.17. The summed E-state index contributed by atoms with van der Waals surface area (Å²) in [5.41, 5.74) is 7.00. The van der Waals surface area contributed by atoms with Crippen LogP contribution < -0.4 is 15.8 Å². The Balaban J connectivity index is 2.37. The number of carbonyl (C=O) groups is 1. The fraction of sp³-hybridized carbons (Fsp3) is 0.0714. The van der Waals surface area contributed by atoms with Crippen LogP contribution in [0.1, 0.15) is 10.4 Å². The lowest BCUT2D eigenvalue weighted by Crippen LogP contribution is -2.14. The molecule has 0 aliphatic carbocycles. The number of para-hydroxylation sites is 2. The molecule has 104 valence electrons. The SMILES string of the molecule is COc1c(Cl)cc(Cl)cc1C(=O)Nc1ccccc1N. The van der Waals surface area contributed by atoms with E-state index in [1.54, 1.807) is 24.3 Å². The molecule has 0 spiro atoms. The number of benzene rings is 2. The number of hydrogen-bond donors (Lipinski definition) is 2. The zero-order valence-electron chi connectivity index (χ0n) is 10.6. The lowest BCUT2D eigenvalue weighted by molar-refractivity contribution is 0.102. The van der Waals surface area contributed by atoms with Crippen molar-refractivity contribution in [2.75, 3.05) is 18.2 Å². The number of carbonyl (C=O) groups excluding carboxylic acids is 1. The van der Waals surface area contributed by atoms with E-state index in [4.69, 9.17) is 33.7 Å². The number of ether oxygens (including phenoxy) is 1. The van der Waals surface area contributed by atoms with E-state index in [-0.39, 0.29) is 16.3 Å². The molecule has 1 amide bonds. The molecular weight excluding hydrogens is 299 g/mol. The maximum absolute atomic E-state index is 12.3. The maximum Gasteiger partial charge on any atom is 0.259 e. The van der Waals surface area contributed by atoms with E-state index in [9.17, 15) is 4.79 Å². The third-order valence-electron chi connectivity index (χ3n) is 2.67. The Bertz CT molecular complexity index is 660. The molecule has 2 rings (SSSR count). The summed E-state index contributed by atoms with van der Waals surface area (Å²) in [5, 5.41) is 3.31. The van der Waals surface area contributed by atoms with Gasteiger partial charge in [0.05, 0.1) is 29.1 Å². The molecule has 3 N–H and O–H groups in total. The molecule has 2 aromatic carbocycles. The molecule has 6 heteroatoms. The van der Waals surface area contributed by atoms with Crippen LogP contribution >= 0.6 is 23.2 Å². The molecule has 0 bridgehead atoms. The van der Waals surface area contributed by atoms with Crippen molar-refractivity contribution in [2.24, 2.45) is 0 Å². The number of nitrogens with two attached hydrogens (primary N) is 1. The predicted octanol–water partition coefficient (Wildman–Crippen LogP) is 3.84. The molecule has 20 heavy (non-hydrogen) atoms. The minimum Gasteiger partial charge on any atom is -0.494 e. The molecular formula is C14H12Cl2N2O2. The molecule has 0 heterocycles. The summed E-state index contributed by atoms with van der Waals surface area (Å²) in [6.45, 7) is 0. The van der Waals surface area contributed by atoms with Crippen molar-refractivity contribution >= 4 is 40.5 Å². The quantitative estimate of drug-likeness (QED) is 0.847. The van der Waals surface area contributed by atoms with Gasteiger partial charge in [-0.3, -0.25) is 4.79 Å². The molecule has 0 atom stereocenters. The largest absolute Gasteiger partial charge is 0.494 e. The second-order valence-corrected chi connectivity index (χ2v) is 4.85. The van der Waals surface area contributed by atoms with Gasteiger partial charge in [-0.1, -0.05) is 35.3 Å². The fourth-order valence-electron chi connectivity index (χ4n) is 1.74. The highest BCUT2D eigenvalue weighted by molar-refractivity contribution is 6.36. The first-order chi connectivity index (χ1) is 9.52. The van der Waals surface area contributed by atoms with E-state index in [0.29, 0.717) is 16.4 Å². The monoisotopic (exact) mass is 310 g/mol. The molecule has 0 radical (unpaired) electrons. The van der Waals surface area contributed by atoms with Gasteiger partial charge in [0, 0.05) is 5.02 Å². The highest BCUT2D eigenvalue weighted by Crippen LogP contribution is 2.33. The first-order valence-corrected chi connectivity index (χ1v) is 6.47. The Labute approximate surface area is 126 Å². The smallest absolute Gasteiger partial charge is 0.259 e. The average Bonchev–Trinajstić information content (AvgIpc) is 2.40. The highest BCUT2D eigenvalue weighted by atomic mass is 35.5. The van der Waals surface area contributed by atoms with E-state index in [2.05, 4.69) is 5.32 Å². The normalized spacial score (nSPS) is 10.2. The summed E-state index contributed by atoms with van der Waals surface area (Å²) >= 11 is 11.9. The van der Waals surface area contributed by atoms with E-state index in [0.717, 1.165) is 0 Å². The Hall–Kier alpha value is -1.91. The average molecular weight is 311 g/mol. The van der Waals surface area contributed by atoms with Gasteiger partial charge in [-0.25, -0.2) is 0 Å². The second-order valence-electron chi connectivity index (χ2n) is 4.01. The molecule has 0 aromatic heterocycles. The lowest BCUT2D eigenvalue weighted by Gasteiger charge is -2.12. The Morgan fingerprint density at radius 1 is 1.25 bits per heavy atom. The summed E-state index contributed by atoms with van der Waals surface area (Å²) in [5.74, 6) is -0.132. The molecule has 0 saturated carbocycles. The number of methoxy groups -OCH3 is 1. The van der Waals surface area contributed by atoms with E-state index < -0.39 is 5.91 Å². The van der Waals surface area contributed by atoms with E-state index in [1.165, 1.54) is 19.2 Å². The summed E-state index contributed by atoms with van der Waals surface area (Å²) in [4.78, 5) is 12.3. The van der Waals surface area contributed by atoms with Crippen molar-refractivity contribution in [3.05, 3.63) is 52.0 Å². The molecule has 0 unspecified atom stereocenters. The van der Waals surface area contributed by atoms with Crippen LogP contribution in [0.2, 0.25) is 10.0 Å². The first-order valence-electron chi connectivity index (χ1n) is 5.72. The summed E-state index contributed by atoms with van der Waals surface area (Å²) in [6.07, 6.45) is 0. The van der Waals surface area contributed by atoms with Gasteiger partial charge in [-0.15, -0.1) is 0 Å². The van der Waals surface area contributed by atoms with Gasteiger partial charge in [0.25, 0.3) is 5.91 Å². The van der Waals surface area contributed by atoms with Gasteiger partial charge in [-0.05, 0) is 24.3 Å². The van der Waals surface area contributed by atoms with Crippen molar-refractivity contribution in [2.45, 2.75) is 0 Å². The van der Waals surface area contributed by atoms with Crippen LogP contribution in [0.3, 0.4) is 0 Å². The third kappa shape index (κ3) is 2.98. The van der Waals surface area contributed by atoms with Crippen LogP contribution in [0.5, 0.6) is 5.75 Å². The lowest BCUT2D eigenvalue weighted by atomic mass is 10.1. The van der Waals surface area contributed by atoms with Gasteiger partial charge >= 0.3 is 0 Å². The molecule has 0 aliphatic heterocycles. The van der Waals surface area contributed by atoms with Gasteiger partial charge in [-0.2, -0.15) is 0 Å². The van der Waals surface area contributed by atoms with Crippen LogP contribution in [0.15, 0.2) is 36.4 Å². The molecule has 0 fully saturated rings. The van der Waals surface area contributed by atoms with Crippen LogP contribution in [-0.4, -0.2) is 13.0 Å². The maximum atomic E-state index is 12.3. The van der Waals surface area contributed by atoms with Crippen molar-refractivity contribution < 1.29 is 9.53 Å². The zero-order chi connectivity index (χ0) is 14.7. The number of anilines is 2. The van der Waals surface area contributed by atoms with Crippen LogP contribution in [0.4, 0.5) is 11.4 Å². The number of halogens is 2. The topological polar surface area (TPSA) is 64.3 Å². The predicted molar refractivity (Wildman–Crippen MR) is 81.8 cm³/mol. The number of hydrogen-bond acceptors (Lipinski definition) is 3. The Kier molecular flexibility index (Phi) is 4.37. The van der Waals surface area contributed by atoms with E-state index in [1.807, 2.05) is 0 Å². The Morgan fingerprint density at radius 2 is 1.95 bits per heavy atom. The van der Waals surface area contributed by atoms with Crippen molar-refractivity contribution in [3.63, 3.8) is 0 Å².